The van der Waals surface area contributed by atoms with Gasteiger partial charge in [0.25, 0.3) is 0 Å². The number of hydrogen-bond acceptors (Lipinski definition) is 3. The van der Waals surface area contributed by atoms with Crippen molar-refractivity contribution in [2.24, 2.45) is 0 Å². The Bertz CT molecular complexity index is 250. The first-order valence-corrected chi connectivity index (χ1v) is 5.87. The molecule has 0 saturated heterocycles. The van der Waals surface area contributed by atoms with Crippen LogP contribution in [0.1, 0.15) is 25.1 Å². The van der Waals surface area contributed by atoms with Crippen LogP contribution in [-0.2, 0) is 6.54 Å². The Balaban J connectivity index is 2.68. The summed E-state index contributed by atoms with van der Waals surface area (Å²) in [5, 5.41) is 13.9. The van der Waals surface area contributed by atoms with Gasteiger partial charge in [-0.3, -0.25) is 4.68 Å². The minimum absolute atomic E-state index is 0.385. The number of aliphatic hydroxyl groups excluding tert-OH is 1. The fourth-order valence-electron chi connectivity index (χ4n) is 1.27. The van der Waals surface area contributed by atoms with Crippen LogP contribution in [0, 0.1) is 0 Å². The first-order valence-electron chi connectivity index (χ1n) is 4.48. The minimum atomic E-state index is -0.385. The molecule has 4 heteroatoms. The van der Waals surface area contributed by atoms with E-state index in [9.17, 15) is 5.11 Å². The van der Waals surface area contributed by atoms with Crippen molar-refractivity contribution < 1.29 is 5.11 Å². The molecular formula is C9H16N2OS. The van der Waals surface area contributed by atoms with E-state index in [0.29, 0.717) is 0 Å². The summed E-state index contributed by atoms with van der Waals surface area (Å²) in [7, 11) is 0. The van der Waals surface area contributed by atoms with Gasteiger partial charge in [-0.05, 0) is 18.7 Å². The van der Waals surface area contributed by atoms with E-state index in [1.165, 1.54) is 0 Å². The first kappa shape index (κ1) is 10.6. The number of aliphatic hydroxyl groups is 1. The molecule has 0 spiro atoms. The van der Waals surface area contributed by atoms with E-state index in [1.54, 1.807) is 18.0 Å². The zero-order valence-corrected chi connectivity index (χ0v) is 8.92. The van der Waals surface area contributed by atoms with Crippen molar-refractivity contribution in [1.29, 1.82) is 0 Å². The van der Waals surface area contributed by atoms with Gasteiger partial charge < -0.3 is 5.11 Å². The molecule has 1 unspecified atom stereocenters. The molecule has 1 heterocycles. The predicted octanol–water partition coefficient (Wildman–Crippen LogP) is 1.69. The van der Waals surface area contributed by atoms with Crippen LogP contribution in [0.25, 0.3) is 0 Å². The normalized spacial score (nSPS) is 13.2. The van der Waals surface area contributed by atoms with Gasteiger partial charge >= 0.3 is 0 Å². The predicted molar refractivity (Wildman–Crippen MR) is 55.9 cm³/mol. The van der Waals surface area contributed by atoms with Crippen LogP contribution in [0.5, 0.6) is 0 Å². The molecule has 1 N–H and O–H groups in total. The first-order chi connectivity index (χ1) is 6.29. The lowest BCUT2D eigenvalue weighted by Gasteiger charge is -2.11. The van der Waals surface area contributed by atoms with E-state index >= 15 is 0 Å². The van der Waals surface area contributed by atoms with E-state index in [1.807, 2.05) is 17.0 Å². The van der Waals surface area contributed by atoms with Gasteiger partial charge in [0, 0.05) is 18.5 Å². The van der Waals surface area contributed by atoms with Gasteiger partial charge in [-0.25, -0.2) is 0 Å². The van der Waals surface area contributed by atoms with Gasteiger partial charge in [0.2, 0.25) is 0 Å². The van der Waals surface area contributed by atoms with E-state index in [2.05, 4.69) is 12.0 Å². The van der Waals surface area contributed by atoms with Crippen LogP contribution in [0.2, 0.25) is 0 Å². The molecule has 1 aromatic heterocycles. The molecule has 1 atom stereocenters. The third kappa shape index (κ3) is 2.74. The molecule has 74 valence electrons. The van der Waals surface area contributed by atoms with Crippen LogP contribution >= 0.6 is 11.8 Å². The third-order valence-electron chi connectivity index (χ3n) is 1.85. The van der Waals surface area contributed by atoms with Crippen molar-refractivity contribution in [3.05, 3.63) is 18.0 Å². The summed E-state index contributed by atoms with van der Waals surface area (Å²) in [5.74, 6) is 0.732. The van der Waals surface area contributed by atoms with E-state index in [4.69, 9.17) is 0 Å². The van der Waals surface area contributed by atoms with Crippen LogP contribution in [-0.4, -0.2) is 26.9 Å². The summed E-state index contributed by atoms with van der Waals surface area (Å²) in [6.45, 7) is 2.99. The van der Waals surface area contributed by atoms with E-state index < -0.39 is 0 Å². The Hall–Kier alpha value is -0.480. The summed E-state index contributed by atoms with van der Waals surface area (Å²) >= 11 is 1.64. The van der Waals surface area contributed by atoms with Gasteiger partial charge in [0.05, 0.1) is 5.69 Å². The Morgan fingerprint density at radius 1 is 1.69 bits per heavy atom. The highest BCUT2D eigenvalue weighted by Gasteiger charge is 2.11. The Kier molecular flexibility index (Phi) is 4.32. The van der Waals surface area contributed by atoms with Gasteiger partial charge in [0.15, 0.2) is 0 Å². The van der Waals surface area contributed by atoms with Gasteiger partial charge in [-0.1, -0.05) is 6.92 Å². The highest BCUT2D eigenvalue weighted by molar-refractivity contribution is 7.98. The monoisotopic (exact) mass is 200 g/mol. The van der Waals surface area contributed by atoms with Crippen LogP contribution in [0.3, 0.4) is 0 Å². The van der Waals surface area contributed by atoms with Crippen molar-refractivity contribution in [2.45, 2.75) is 26.0 Å². The van der Waals surface area contributed by atoms with E-state index in [-0.39, 0.29) is 6.10 Å². The number of aryl methyl sites for hydroxylation is 1. The van der Waals surface area contributed by atoms with Crippen molar-refractivity contribution in [3.8, 4) is 0 Å². The van der Waals surface area contributed by atoms with Crippen molar-refractivity contribution in [1.82, 2.24) is 9.78 Å². The van der Waals surface area contributed by atoms with E-state index in [0.717, 1.165) is 24.4 Å². The Morgan fingerprint density at radius 3 is 3.08 bits per heavy atom. The number of aromatic nitrogens is 2. The Labute approximate surface area is 83.1 Å². The number of nitrogens with zero attached hydrogens (tertiary/aromatic N) is 2. The van der Waals surface area contributed by atoms with Crippen LogP contribution in [0.4, 0.5) is 0 Å². The zero-order chi connectivity index (χ0) is 9.68. The van der Waals surface area contributed by atoms with Crippen LogP contribution in [0.15, 0.2) is 12.3 Å². The zero-order valence-electron chi connectivity index (χ0n) is 8.10. The largest absolute Gasteiger partial charge is 0.386 e. The maximum atomic E-state index is 9.74. The maximum absolute atomic E-state index is 9.74. The van der Waals surface area contributed by atoms with Crippen molar-refractivity contribution in [3.63, 3.8) is 0 Å². The second-order valence-electron chi connectivity index (χ2n) is 2.95. The van der Waals surface area contributed by atoms with Crippen molar-refractivity contribution >= 4 is 11.8 Å². The molecule has 1 rings (SSSR count). The quantitative estimate of drug-likeness (QED) is 0.786. The minimum Gasteiger partial charge on any atom is -0.386 e. The summed E-state index contributed by atoms with van der Waals surface area (Å²) in [5.41, 5.74) is 0.927. The lowest BCUT2D eigenvalue weighted by molar-refractivity contribution is 0.191. The van der Waals surface area contributed by atoms with Gasteiger partial charge in [0.1, 0.15) is 6.10 Å². The highest BCUT2D eigenvalue weighted by atomic mass is 32.2. The highest BCUT2D eigenvalue weighted by Crippen LogP contribution is 2.16. The molecule has 0 aliphatic rings. The molecule has 0 amide bonds. The molecule has 0 saturated carbocycles. The lowest BCUT2D eigenvalue weighted by atomic mass is 10.3. The fraction of sp³-hybridized carbons (Fsp3) is 0.667. The standard InChI is InChI=1S/C9H16N2OS/c1-3-6-11-8(4-5-10-11)9(12)7-13-2/h4-5,9,12H,3,6-7H2,1-2H3. The SMILES string of the molecule is CCCn1nccc1C(O)CSC. The molecular weight excluding hydrogens is 184 g/mol. The fourth-order valence-corrected chi connectivity index (χ4v) is 1.75. The third-order valence-corrected chi connectivity index (χ3v) is 2.50. The molecule has 0 radical (unpaired) electrons. The summed E-state index contributed by atoms with van der Waals surface area (Å²) in [4.78, 5) is 0. The summed E-state index contributed by atoms with van der Waals surface area (Å²) in [6.07, 6.45) is 4.39. The van der Waals surface area contributed by atoms with Crippen molar-refractivity contribution in [2.75, 3.05) is 12.0 Å². The summed E-state index contributed by atoms with van der Waals surface area (Å²) < 4.78 is 1.88. The van der Waals surface area contributed by atoms with Gasteiger partial charge in [-0.2, -0.15) is 16.9 Å². The number of rotatable bonds is 5. The molecule has 13 heavy (non-hydrogen) atoms. The molecule has 0 aliphatic carbocycles. The lowest BCUT2D eigenvalue weighted by Crippen LogP contribution is -2.10. The average Bonchev–Trinajstić information content (AvgIpc) is 2.54. The van der Waals surface area contributed by atoms with Gasteiger partial charge in [-0.15, -0.1) is 0 Å². The average molecular weight is 200 g/mol. The maximum Gasteiger partial charge on any atom is 0.105 e. The number of hydrogen-bond donors (Lipinski definition) is 1. The Morgan fingerprint density at radius 2 is 2.46 bits per heavy atom. The smallest absolute Gasteiger partial charge is 0.105 e. The molecule has 0 aliphatic heterocycles. The molecule has 0 fully saturated rings. The molecule has 0 aromatic carbocycles. The topological polar surface area (TPSA) is 38.0 Å². The number of thioether (sulfide) groups is 1. The molecule has 3 nitrogen and oxygen atoms in total. The molecule has 0 bridgehead atoms. The second-order valence-corrected chi connectivity index (χ2v) is 3.86. The molecule has 1 aromatic rings. The second kappa shape index (κ2) is 5.29. The van der Waals surface area contributed by atoms with Crippen LogP contribution < -0.4 is 0 Å². The summed E-state index contributed by atoms with van der Waals surface area (Å²) in [6, 6.07) is 1.89.